The summed E-state index contributed by atoms with van der Waals surface area (Å²) in [7, 11) is -3.64. The molecule has 0 radical (unpaired) electrons. The summed E-state index contributed by atoms with van der Waals surface area (Å²) in [5.41, 5.74) is 1.87. The van der Waals surface area contributed by atoms with E-state index in [4.69, 9.17) is 11.6 Å². The molecule has 0 saturated heterocycles. The van der Waals surface area contributed by atoms with Crippen LogP contribution in [0.15, 0.2) is 48.5 Å². The molecule has 1 atom stereocenters. The van der Waals surface area contributed by atoms with Gasteiger partial charge < -0.3 is 5.32 Å². The Morgan fingerprint density at radius 1 is 1.12 bits per heavy atom. The molecular formula is C17H19ClN2O3S. The third kappa shape index (κ3) is 4.27. The second-order valence-corrected chi connectivity index (χ2v) is 7.81. The number of sulfonamides is 1. The fourth-order valence-corrected chi connectivity index (χ4v) is 3.66. The highest BCUT2D eigenvalue weighted by Crippen LogP contribution is 2.24. The highest BCUT2D eigenvalue weighted by atomic mass is 35.5. The number of benzene rings is 2. The Labute approximate surface area is 147 Å². The van der Waals surface area contributed by atoms with Gasteiger partial charge in [0.05, 0.1) is 22.7 Å². The van der Waals surface area contributed by atoms with Crippen molar-refractivity contribution in [3.05, 3.63) is 59.1 Å². The van der Waals surface area contributed by atoms with E-state index in [2.05, 4.69) is 5.32 Å². The molecule has 1 N–H and O–H groups in total. The lowest BCUT2D eigenvalue weighted by Crippen LogP contribution is -2.45. The molecule has 24 heavy (non-hydrogen) atoms. The van der Waals surface area contributed by atoms with Crippen LogP contribution in [0.1, 0.15) is 12.5 Å². The predicted octanol–water partition coefficient (Wildman–Crippen LogP) is 3.44. The van der Waals surface area contributed by atoms with E-state index in [1.54, 1.807) is 48.5 Å². The number of carbonyl (C=O) groups excluding carboxylic acids is 1. The Balaban J connectivity index is 2.31. The first-order valence-corrected chi connectivity index (χ1v) is 9.54. The van der Waals surface area contributed by atoms with E-state index in [1.165, 1.54) is 6.92 Å². The zero-order valence-corrected chi connectivity index (χ0v) is 15.2. The Morgan fingerprint density at radius 3 is 2.25 bits per heavy atom. The van der Waals surface area contributed by atoms with Crippen LogP contribution in [0.3, 0.4) is 0 Å². The SMILES string of the molecule is Cc1ccc(N([C@H](C)C(=O)Nc2ccccc2Cl)S(C)(=O)=O)cc1. The number of hydrogen-bond donors (Lipinski definition) is 1. The van der Waals surface area contributed by atoms with E-state index in [-0.39, 0.29) is 0 Å². The maximum absolute atomic E-state index is 12.5. The number of nitrogens with zero attached hydrogens (tertiary/aromatic N) is 1. The van der Waals surface area contributed by atoms with E-state index in [1.807, 2.05) is 6.92 Å². The zero-order valence-electron chi connectivity index (χ0n) is 13.7. The first-order chi connectivity index (χ1) is 11.2. The molecule has 1 amide bonds. The summed E-state index contributed by atoms with van der Waals surface area (Å²) >= 11 is 6.03. The van der Waals surface area contributed by atoms with Crippen LogP contribution < -0.4 is 9.62 Å². The summed E-state index contributed by atoms with van der Waals surface area (Å²) in [5, 5.41) is 3.05. The quantitative estimate of drug-likeness (QED) is 0.881. The van der Waals surface area contributed by atoms with E-state index < -0.39 is 22.0 Å². The molecule has 0 bridgehead atoms. The normalized spacial score (nSPS) is 12.5. The number of aryl methyl sites for hydroxylation is 1. The van der Waals surface area contributed by atoms with E-state index in [0.29, 0.717) is 16.4 Å². The summed E-state index contributed by atoms with van der Waals surface area (Å²) in [4.78, 5) is 12.5. The summed E-state index contributed by atoms with van der Waals surface area (Å²) in [5.74, 6) is -0.464. The summed E-state index contributed by atoms with van der Waals surface area (Å²) < 4.78 is 25.5. The number of amides is 1. The van der Waals surface area contributed by atoms with Gasteiger partial charge in [-0.15, -0.1) is 0 Å². The second-order valence-electron chi connectivity index (χ2n) is 5.54. The van der Waals surface area contributed by atoms with Gasteiger partial charge in [0.1, 0.15) is 6.04 Å². The van der Waals surface area contributed by atoms with Crippen LogP contribution >= 0.6 is 11.6 Å². The maximum atomic E-state index is 12.5. The van der Waals surface area contributed by atoms with Gasteiger partial charge in [0, 0.05) is 0 Å². The van der Waals surface area contributed by atoms with Gasteiger partial charge >= 0.3 is 0 Å². The van der Waals surface area contributed by atoms with Gasteiger partial charge in [-0.05, 0) is 38.1 Å². The van der Waals surface area contributed by atoms with Crippen molar-refractivity contribution in [3.8, 4) is 0 Å². The molecule has 128 valence electrons. The molecule has 0 heterocycles. The van der Waals surface area contributed by atoms with Crippen molar-refractivity contribution in [1.82, 2.24) is 0 Å². The molecule has 0 fully saturated rings. The fourth-order valence-electron chi connectivity index (χ4n) is 2.30. The minimum absolute atomic E-state index is 0.388. The van der Waals surface area contributed by atoms with E-state index in [9.17, 15) is 13.2 Å². The van der Waals surface area contributed by atoms with Crippen LogP contribution in [-0.2, 0) is 14.8 Å². The lowest BCUT2D eigenvalue weighted by molar-refractivity contribution is -0.116. The number of anilines is 2. The van der Waals surface area contributed by atoms with Crippen LogP contribution in [-0.4, -0.2) is 26.6 Å². The third-order valence-electron chi connectivity index (χ3n) is 3.51. The molecule has 2 rings (SSSR count). The lowest BCUT2D eigenvalue weighted by Gasteiger charge is -2.28. The lowest BCUT2D eigenvalue weighted by atomic mass is 10.2. The van der Waals surface area contributed by atoms with Crippen molar-refractivity contribution >= 4 is 38.9 Å². The van der Waals surface area contributed by atoms with Crippen LogP contribution in [0.2, 0.25) is 5.02 Å². The number of rotatable bonds is 5. The van der Waals surface area contributed by atoms with Crippen LogP contribution in [0.4, 0.5) is 11.4 Å². The summed E-state index contributed by atoms with van der Waals surface area (Å²) in [6.07, 6.45) is 1.08. The van der Waals surface area contributed by atoms with Crippen molar-refractivity contribution in [2.24, 2.45) is 0 Å². The molecular weight excluding hydrogens is 348 g/mol. The average Bonchev–Trinajstić information content (AvgIpc) is 2.50. The monoisotopic (exact) mass is 366 g/mol. The molecule has 0 aliphatic carbocycles. The van der Waals surface area contributed by atoms with E-state index >= 15 is 0 Å². The van der Waals surface area contributed by atoms with Crippen molar-refractivity contribution in [2.75, 3.05) is 15.9 Å². The Morgan fingerprint density at radius 2 is 1.71 bits per heavy atom. The first-order valence-electron chi connectivity index (χ1n) is 7.31. The van der Waals surface area contributed by atoms with Gasteiger partial charge in [0.15, 0.2) is 0 Å². The third-order valence-corrected chi connectivity index (χ3v) is 5.08. The molecule has 0 spiro atoms. The number of para-hydroxylation sites is 1. The summed E-state index contributed by atoms with van der Waals surface area (Å²) in [6, 6.07) is 12.8. The van der Waals surface area contributed by atoms with Crippen LogP contribution in [0, 0.1) is 6.92 Å². The van der Waals surface area contributed by atoms with Crippen LogP contribution in [0.5, 0.6) is 0 Å². The van der Waals surface area contributed by atoms with Crippen molar-refractivity contribution in [2.45, 2.75) is 19.9 Å². The van der Waals surface area contributed by atoms with Gasteiger partial charge in [0.25, 0.3) is 0 Å². The predicted molar refractivity (Wildman–Crippen MR) is 98.0 cm³/mol. The number of carbonyl (C=O) groups is 1. The van der Waals surface area contributed by atoms with E-state index in [0.717, 1.165) is 16.1 Å². The largest absolute Gasteiger partial charge is 0.323 e. The smallest absolute Gasteiger partial charge is 0.248 e. The van der Waals surface area contributed by atoms with Gasteiger partial charge in [0.2, 0.25) is 15.9 Å². The molecule has 0 saturated carbocycles. The number of hydrogen-bond acceptors (Lipinski definition) is 3. The Kier molecular flexibility index (Phi) is 5.51. The molecule has 0 unspecified atom stereocenters. The van der Waals surface area contributed by atoms with Crippen LogP contribution in [0.25, 0.3) is 0 Å². The standard InChI is InChI=1S/C17H19ClN2O3S/c1-12-8-10-14(11-9-12)20(24(3,22)23)13(2)17(21)19-16-7-5-4-6-15(16)18/h4-11,13H,1-3H3,(H,19,21)/t13-/m1/s1. The molecule has 2 aromatic carbocycles. The molecule has 0 aromatic heterocycles. The summed E-state index contributed by atoms with van der Waals surface area (Å²) in [6.45, 7) is 3.44. The van der Waals surface area contributed by atoms with Crippen molar-refractivity contribution < 1.29 is 13.2 Å². The Hall–Kier alpha value is -2.05. The van der Waals surface area contributed by atoms with Gasteiger partial charge in [-0.25, -0.2) is 8.42 Å². The maximum Gasteiger partial charge on any atom is 0.248 e. The number of halogens is 1. The average molecular weight is 367 g/mol. The first kappa shape index (κ1) is 18.3. The zero-order chi connectivity index (χ0) is 17.9. The number of nitrogens with one attached hydrogen (secondary N) is 1. The van der Waals surface area contributed by atoms with Gasteiger partial charge in [-0.1, -0.05) is 41.4 Å². The second kappa shape index (κ2) is 7.23. The van der Waals surface area contributed by atoms with Gasteiger partial charge in [-0.2, -0.15) is 0 Å². The fraction of sp³-hybridized carbons (Fsp3) is 0.235. The molecule has 7 heteroatoms. The highest BCUT2D eigenvalue weighted by molar-refractivity contribution is 7.92. The topological polar surface area (TPSA) is 66.5 Å². The van der Waals surface area contributed by atoms with Crippen molar-refractivity contribution in [1.29, 1.82) is 0 Å². The molecule has 0 aliphatic heterocycles. The van der Waals surface area contributed by atoms with Crippen molar-refractivity contribution in [3.63, 3.8) is 0 Å². The minimum Gasteiger partial charge on any atom is -0.323 e. The minimum atomic E-state index is -3.64. The molecule has 2 aromatic rings. The highest BCUT2D eigenvalue weighted by Gasteiger charge is 2.29. The molecule has 0 aliphatic rings. The molecule has 5 nitrogen and oxygen atoms in total. The Bertz CT molecular complexity index is 835. The van der Waals surface area contributed by atoms with Gasteiger partial charge in [-0.3, -0.25) is 9.10 Å².